The molecule has 2 aliphatic heterocycles. The van der Waals surface area contributed by atoms with Crippen molar-refractivity contribution >= 4 is 33.8 Å². The Labute approximate surface area is 201 Å². The summed E-state index contributed by atoms with van der Waals surface area (Å²) in [6, 6.07) is 4.92. The van der Waals surface area contributed by atoms with Crippen LogP contribution >= 0.6 is 0 Å². The number of pyridine rings is 1. The number of carboxylic acid groups (broad SMARTS) is 1. The van der Waals surface area contributed by atoms with Crippen molar-refractivity contribution in [2.45, 2.75) is 31.7 Å². The van der Waals surface area contributed by atoms with E-state index >= 15 is 0 Å². The molecule has 31 heavy (non-hydrogen) atoms. The van der Waals surface area contributed by atoms with Gasteiger partial charge in [0.1, 0.15) is 5.60 Å². The molecule has 0 saturated carbocycles. The molecule has 0 N–H and O–H groups in total. The summed E-state index contributed by atoms with van der Waals surface area (Å²) in [5, 5.41) is 10.3. The van der Waals surface area contributed by atoms with Crippen LogP contribution < -0.4 is 34.7 Å². The number of esters is 1. The predicted molar refractivity (Wildman–Crippen MR) is 104 cm³/mol. The van der Waals surface area contributed by atoms with Crippen molar-refractivity contribution in [1.29, 1.82) is 0 Å². The summed E-state index contributed by atoms with van der Waals surface area (Å²) in [7, 11) is -3.97. The Morgan fingerprint density at radius 2 is 1.97 bits per heavy atom. The van der Waals surface area contributed by atoms with Gasteiger partial charge in [0.25, 0.3) is 5.91 Å². The molecule has 0 radical (unpaired) electrons. The van der Waals surface area contributed by atoms with Crippen LogP contribution in [0.3, 0.4) is 0 Å². The molecule has 0 unspecified atom stereocenters. The van der Waals surface area contributed by atoms with Crippen LogP contribution in [0.2, 0.25) is 0 Å². The fourth-order valence-corrected chi connectivity index (χ4v) is 5.03. The molecule has 3 rings (SSSR count). The first-order valence-electron chi connectivity index (χ1n) is 8.94. The van der Waals surface area contributed by atoms with Gasteiger partial charge in [-0.3, -0.25) is 14.7 Å². The smallest absolute Gasteiger partial charge is 0.543 e. The fourth-order valence-electron chi connectivity index (χ4n) is 3.13. The van der Waals surface area contributed by atoms with Gasteiger partial charge in [0, 0.05) is 12.3 Å². The largest absolute Gasteiger partial charge is 1.00 e. The quantitative estimate of drug-likeness (QED) is 0.203. The van der Waals surface area contributed by atoms with E-state index in [0.29, 0.717) is 10.6 Å². The maximum Gasteiger partial charge on any atom is 1.00 e. The molecule has 9 nitrogen and oxygen atoms in total. The van der Waals surface area contributed by atoms with Crippen molar-refractivity contribution < 1.29 is 62.2 Å². The van der Waals surface area contributed by atoms with Crippen molar-refractivity contribution in [3.63, 3.8) is 0 Å². The third-order valence-corrected chi connectivity index (χ3v) is 6.08. The number of sulfone groups is 1. The molecule has 1 amide bonds. The van der Waals surface area contributed by atoms with Crippen molar-refractivity contribution in [2.75, 3.05) is 5.75 Å². The van der Waals surface area contributed by atoms with Gasteiger partial charge in [0.2, 0.25) is 0 Å². The van der Waals surface area contributed by atoms with Gasteiger partial charge < -0.3 is 14.6 Å². The van der Waals surface area contributed by atoms with E-state index in [-0.39, 0.29) is 40.7 Å². The van der Waals surface area contributed by atoms with Gasteiger partial charge in [0.15, 0.2) is 15.2 Å². The zero-order valence-corrected chi connectivity index (χ0v) is 20.3. The molecule has 1 aromatic rings. The van der Waals surface area contributed by atoms with Gasteiger partial charge in [0.05, 0.1) is 28.7 Å². The van der Waals surface area contributed by atoms with E-state index in [2.05, 4.69) is 4.98 Å². The zero-order valence-electron chi connectivity index (χ0n) is 17.5. The number of hydrogen-bond acceptors (Lipinski definition) is 8. The van der Waals surface area contributed by atoms with Crippen LogP contribution in [0.15, 0.2) is 53.4 Å². The first-order chi connectivity index (χ1) is 13.9. The number of amides is 1. The van der Waals surface area contributed by atoms with E-state index in [1.54, 1.807) is 39.0 Å². The number of allylic oxidation sites excluding steroid dienone is 1. The van der Waals surface area contributed by atoms with Crippen molar-refractivity contribution in [2.24, 2.45) is 0 Å². The maximum absolute atomic E-state index is 12.8. The standard InChI is InChI=1S/C20H20N2O7S.Na/c1-20(2,3)29-15(23)8-7-12-11-30(27,28)18-14(10-13-6-4-5-9-21-13)17(24)22(18)16(12)19(25)26;/h4-10,18H,11H2,1-3H3,(H,25,26);/q;+1/p-1/b8-7+,14-10-;/t18-;/m0./s1. The SMILES string of the molecule is CC(C)(C)OC(=O)/C=C/C1=C(C(=O)[O-])N2C(=O)/C(=C/c3ccccn3)[C@@H]2S(=O)(=O)C1.[Na+]. The molecule has 3 heterocycles. The Hall–Kier alpha value is -2.27. The molecule has 1 aromatic heterocycles. The Morgan fingerprint density at radius 1 is 1.29 bits per heavy atom. The monoisotopic (exact) mass is 454 g/mol. The number of aliphatic carboxylic acids is 1. The van der Waals surface area contributed by atoms with Crippen LogP contribution in [-0.2, 0) is 29.0 Å². The summed E-state index contributed by atoms with van der Waals surface area (Å²) >= 11 is 0. The van der Waals surface area contributed by atoms with Crippen molar-refractivity contribution in [3.05, 3.63) is 59.1 Å². The van der Waals surface area contributed by atoms with Gasteiger partial charge in [-0.25, -0.2) is 13.2 Å². The summed E-state index contributed by atoms with van der Waals surface area (Å²) in [4.78, 5) is 40.9. The Morgan fingerprint density at radius 3 is 2.52 bits per heavy atom. The molecule has 0 aromatic carbocycles. The van der Waals surface area contributed by atoms with Crippen LogP contribution in [0.25, 0.3) is 6.08 Å². The number of nitrogens with zero attached hydrogens (tertiary/aromatic N) is 2. The molecule has 1 fully saturated rings. The first kappa shape index (κ1) is 25.0. The average Bonchev–Trinajstić information content (AvgIpc) is 2.62. The number of ether oxygens (including phenoxy) is 1. The third kappa shape index (κ3) is 5.32. The first-order valence-corrected chi connectivity index (χ1v) is 10.7. The van der Waals surface area contributed by atoms with E-state index in [0.717, 1.165) is 12.2 Å². The van der Waals surface area contributed by atoms with E-state index in [1.165, 1.54) is 12.3 Å². The van der Waals surface area contributed by atoms with E-state index < -0.39 is 50.1 Å². The summed E-state index contributed by atoms with van der Waals surface area (Å²) in [6.07, 6.45) is 4.75. The summed E-state index contributed by atoms with van der Waals surface area (Å²) in [5.74, 6) is -3.96. The molecule has 1 saturated heterocycles. The number of carboxylic acids is 1. The van der Waals surface area contributed by atoms with Gasteiger partial charge in [-0.05, 0) is 50.6 Å². The van der Waals surface area contributed by atoms with Gasteiger partial charge in [-0.1, -0.05) is 6.07 Å². The number of rotatable bonds is 4. The number of fused-ring (bicyclic) bond motifs is 1. The average molecular weight is 454 g/mol. The van der Waals surface area contributed by atoms with E-state index in [4.69, 9.17) is 4.74 Å². The zero-order chi connectivity index (χ0) is 22.3. The molecule has 0 bridgehead atoms. The van der Waals surface area contributed by atoms with Gasteiger partial charge >= 0.3 is 35.5 Å². The Balaban J connectivity index is 0.00000341. The molecular weight excluding hydrogens is 435 g/mol. The topological polar surface area (TPSA) is 134 Å². The summed E-state index contributed by atoms with van der Waals surface area (Å²) in [6.45, 7) is 4.94. The number of β-lactam (4-membered cyclic amide) rings is 1. The van der Waals surface area contributed by atoms with Crippen LogP contribution in [0, 0.1) is 0 Å². The second-order valence-electron chi connectivity index (χ2n) is 7.72. The van der Waals surface area contributed by atoms with Gasteiger partial charge in [-0.15, -0.1) is 0 Å². The van der Waals surface area contributed by atoms with Crippen LogP contribution in [0.5, 0.6) is 0 Å². The number of hydrogen-bond donors (Lipinski definition) is 0. The van der Waals surface area contributed by atoms with Crippen molar-refractivity contribution in [3.8, 4) is 0 Å². The van der Waals surface area contributed by atoms with E-state index in [9.17, 15) is 27.9 Å². The number of carbonyl (C=O) groups excluding carboxylic acids is 3. The number of aromatic nitrogens is 1. The Kier molecular flexibility index (Phi) is 7.32. The number of carbonyl (C=O) groups is 3. The van der Waals surface area contributed by atoms with Crippen LogP contribution in [-0.4, -0.2) is 52.9 Å². The summed E-state index contributed by atoms with van der Waals surface area (Å²) < 4.78 is 30.7. The van der Waals surface area contributed by atoms with Gasteiger partial charge in [-0.2, -0.15) is 0 Å². The maximum atomic E-state index is 12.8. The molecule has 0 spiro atoms. The molecule has 1 atom stereocenters. The molecule has 11 heteroatoms. The fraction of sp³-hybridized carbons (Fsp3) is 0.300. The second kappa shape index (κ2) is 9.07. The minimum absolute atomic E-state index is 0. The molecule has 2 aliphatic rings. The second-order valence-corrected chi connectivity index (χ2v) is 9.78. The predicted octanol–water partition coefficient (Wildman–Crippen LogP) is -3.03. The third-order valence-electron chi connectivity index (χ3n) is 4.22. The minimum Gasteiger partial charge on any atom is -0.543 e. The summed E-state index contributed by atoms with van der Waals surface area (Å²) in [5.41, 5.74) is -1.32. The van der Waals surface area contributed by atoms with E-state index in [1.807, 2.05) is 0 Å². The van der Waals surface area contributed by atoms with Crippen molar-refractivity contribution in [1.82, 2.24) is 9.88 Å². The molecule has 158 valence electrons. The van der Waals surface area contributed by atoms with Crippen LogP contribution in [0.4, 0.5) is 0 Å². The molecule has 0 aliphatic carbocycles. The minimum atomic E-state index is -3.97. The van der Waals surface area contributed by atoms with Crippen LogP contribution in [0.1, 0.15) is 26.5 Å². The normalized spacial score (nSPS) is 21.4. The Bertz CT molecular complexity index is 1120. The molecular formula is C20H19N2NaO7S.